The quantitative estimate of drug-likeness (QED) is 0.0248. The van der Waals surface area contributed by atoms with Crippen molar-refractivity contribution in [2.75, 3.05) is 26.4 Å². The van der Waals surface area contributed by atoms with E-state index in [0.717, 1.165) is 70.6 Å². The molecule has 0 radical (unpaired) electrons. The molecule has 0 fully saturated rings. The van der Waals surface area contributed by atoms with Crippen LogP contribution in [0.15, 0.2) is 60.8 Å². The summed E-state index contributed by atoms with van der Waals surface area (Å²) >= 11 is 0. The molecule has 0 saturated heterocycles. The predicted molar refractivity (Wildman–Crippen MR) is 205 cm³/mol. The van der Waals surface area contributed by atoms with Crippen LogP contribution in [-0.4, -0.2) is 65.7 Å². The summed E-state index contributed by atoms with van der Waals surface area (Å²) in [5, 5.41) is 19.1. The zero-order chi connectivity index (χ0) is 37.7. The molecule has 0 amide bonds. The Balaban J connectivity index is 4.04. The third-order valence-corrected chi connectivity index (χ3v) is 8.70. The average molecular weight is 741 g/mol. The van der Waals surface area contributed by atoms with Gasteiger partial charge in [0.15, 0.2) is 0 Å². The van der Waals surface area contributed by atoms with Gasteiger partial charge in [0.25, 0.3) is 0 Å². The van der Waals surface area contributed by atoms with E-state index < -0.39 is 58.4 Å². The molecule has 0 spiro atoms. The predicted octanol–water partition coefficient (Wildman–Crippen LogP) is 9.55. The number of carbonyl (C=O) groups excluding carboxylic acids is 2. The van der Waals surface area contributed by atoms with Crippen molar-refractivity contribution in [1.82, 2.24) is 0 Å². The van der Waals surface area contributed by atoms with Crippen molar-refractivity contribution in [3.8, 4) is 0 Å². The monoisotopic (exact) mass is 740 g/mol. The van der Waals surface area contributed by atoms with Crippen LogP contribution in [0.1, 0.15) is 142 Å². The van der Waals surface area contributed by atoms with Gasteiger partial charge < -0.3 is 24.6 Å². The number of allylic oxidation sites excluding steroid dienone is 10. The van der Waals surface area contributed by atoms with Crippen LogP contribution in [0.3, 0.4) is 0 Å². The third-order valence-electron chi connectivity index (χ3n) is 7.74. The summed E-state index contributed by atoms with van der Waals surface area (Å²) in [6, 6.07) is 0. The van der Waals surface area contributed by atoms with Gasteiger partial charge in [0.2, 0.25) is 0 Å². The van der Waals surface area contributed by atoms with Gasteiger partial charge in [-0.3, -0.25) is 18.6 Å². The van der Waals surface area contributed by atoms with Crippen molar-refractivity contribution in [3.05, 3.63) is 60.8 Å². The second-order valence-electron chi connectivity index (χ2n) is 12.5. The molecule has 3 atom stereocenters. The van der Waals surface area contributed by atoms with Crippen LogP contribution in [0.5, 0.6) is 0 Å². The van der Waals surface area contributed by atoms with Gasteiger partial charge in [0, 0.05) is 12.8 Å². The highest BCUT2D eigenvalue weighted by atomic mass is 31.2. The van der Waals surface area contributed by atoms with Crippen LogP contribution in [0, 0.1) is 0 Å². The summed E-state index contributed by atoms with van der Waals surface area (Å²) in [4.78, 5) is 34.3. The largest absolute Gasteiger partial charge is 0.472 e. The second kappa shape index (κ2) is 36.0. The van der Waals surface area contributed by atoms with Crippen LogP contribution in [0.2, 0.25) is 0 Å². The number of phosphoric ester groups is 1. The van der Waals surface area contributed by atoms with Gasteiger partial charge in [0.05, 0.1) is 26.4 Å². The Kier molecular flexibility index (Phi) is 34.4. The summed E-state index contributed by atoms with van der Waals surface area (Å²) in [6.07, 6.45) is 37.8. The minimum absolute atomic E-state index is 0.151. The lowest BCUT2D eigenvalue weighted by molar-refractivity contribution is -0.153. The molecule has 51 heavy (non-hydrogen) atoms. The first-order chi connectivity index (χ1) is 24.8. The van der Waals surface area contributed by atoms with E-state index in [2.05, 4.69) is 74.6 Å². The first-order valence-corrected chi connectivity index (χ1v) is 20.7. The number of hydrogen-bond acceptors (Lipinski definition) is 9. The summed E-state index contributed by atoms with van der Waals surface area (Å²) in [5.74, 6) is -1.06. The van der Waals surface area contributed by atoms with Crippen LogP contribution in [0.4, 0.5) is 0 Å². The van der Waals surface area contributed by atoms with Crippen molar-refractivity contribution < 1.29 is 47.8 Å². The van der Waals surface area contributed by atoms with Crippen LogP contribution in [-0.2, 0) is 32.7 Å². The Bertz CT molecular complexity index is 1040. The number of rotatable bonds is 35. The maximum absolute atomic E-state index is 12.3. The lowest BCUT2D eigenvalue weighted by Crippen LogP contribution is -2.28. The molecule has 0 aromatic heterocycles. The number of phosphoric acid groups is 1. The molecule has 3 unspecified atom stereocenters. The van der Waals surface area contributed by atoms with Gasteiger partial charge in [-0.1, -0.05) is 132 Å². The fraction of sp³-hybridized carbons (Fsp3) is 0.700. The summed E-state index contributed by atoms with van der Waals surface area (Å²) in [7, 11) is -4.64. The van der Waals surface area contributed by atoms with Crippen molar-refractivity contribution in [2.45, 2.75) is 154 Å². The van der Waals surface area contributed by atoms with Crippen molar-refractivity contribution in [1.29, 1.82) is 0 Å². The molecule has 0 aliphatic rings. The summed E-state index contributed by atoms with van der Waals surface area (Å²) in [6.45, 7) is 2.00. The molecule has 0 bridgehead atoms. The van der Waals surface area contributed by atoms with Crippen molar-refractivity contribution >= 4 is 19.8 Å². The maximum atomic E-state index is 12.3. The minimum Gasteiger partial charge on any atom is -0.457 e. The molecule has 0 aliphatic heterocycles. The van der Waals surface area contributed by atoms with E-state index in [1.54, 1.807) is 0 Å². The highest BCUT2D eigenvalue weighted by Gasteiger charge is 2.27. The molecule has 0 heterocycles. The normalized spacial score (nSPS) is 14.7. The number of carbonyl (C=O) groups is 2. The Labute approximate surface area is 308 Å². The fourth-order valence-corrected chi connectivity index (χ4v) is 5.57. The molecular weight excluding hydrogens is 671 g/mol. The number of aliphatic hydroxyl groups excluding tert-OH is 2. The summed E-state index contributed by atoms with van der Waals surface area (Å²) < 4.78 is 32.4. The SMILES string of the molecule is CC/C=C\C/C=C\C/C=C\C/C=C\C/C=C\CCCCCC(=O)OC(CO)COP(=O)(O)OCC(CO)OC(=O)CCCCCCCCCCC. The first-order valence-electron chi connectivity index (χ1n) is 19.2. The summed E-state index contributed by atoms with van der Waals surface area (Å²) in [5.41, 5.74) is 0. The van der Waals surface area contributed by atoms with Crippen LogP contribution >= 0.6 is 7.82 Å². The van der Waals surface area contributed by atoms with Crippen molar-refractivity contribution in [3.63, 3.8) is 0 Å². The maximum Gasteiger partial charge on any atom is 0.472 e. The van der Waals surface area contributed by atoms with E-state index in [1.807, 2.05) is 0 Å². The number of unbranched alkanes of at least 4 members (excludes halogenated alkanes) is 11. The number of ether oxygens (including phenoxy) is 2. The van der Waals surface area contributed by atoms with Crippen LogP contribution in [0.25, 0.3) is 0 Å². The van der Waals surface area contributed by atoms with E-state index in [9.17, 15) is 29.3 Å². The topological polar surface area (TPSA) is 149 Å². The van der Waals surface area contributed by atoms with Gasteiger partial charge in [-0.15, -0.1) is 0 Å². The number of aliphatic hydroxyl groups is 2. The van der Waals surface area contributed by atoms with Gasteiger partial charge in [-0.05, 0) is 57.8 Å². The van der Waals surface area contributed by atoms with E-state index in [0.29, 0.717) is 12.8 Å². The van der Waals surface area contributed by atoms with E-state index in [1.165, 1.54) is 32.1 Å². The molecule has 0 saturated carbocycles. The Morgan fingerprint density at radius 2 is 0.922 bits per heavy atom. The second-order valence-corrected chi connectivity index (χ2v) is 14.0. The van der Waals surface area contributed by atoms with E-state index in [4.69, 9.17) is 18.5 Å². The lowest BCUT2D eigenvalue weighted by Gasteiger charge is -2.20. The molecular formula is C40H69O10P. The molecule has 10 nitrogen and oxygen atoms in total. The number of esters is 2. The first kappa shape index (κ1) is 48.7. The Morgan fingerprint density at radius 1 is 0.549 bits per heavy atom. The molecule has 11 heteroatoms. The third kappa shape index (κ3) is 34.5. The van der Waals surface area contributed by atoms with Crippen molar-refractivity contribution in [2.24, 2.45) is 0 Å². The van der Waals surface area contributed by atoms with Crippen LogP contribution < -0.4 is 0 Å². The Hall–Kier alpha value is -2.33. The van der Waals surface area contributed by atoms with Gasteiger partial charge in [0.1, 0.15) is 12.2 Å². The van der Waals surface area contributed by atoms with Gasteiger partial charge in [-0.2, -0.15) is 0 Å². The minimum atomic E-state index is -4.64. The highest BCUT2D eigenvalue weighted by molar-refractivity contribution is 7.47. The molecule has 3 N–H and O–H groups in total. The smallest absolute Gasteiger partial charge is 0.457 e. The number of hydrogen-bond donors (Lipinski definition) is 3. The average Bonchev–Trinajstić information content (AvgIpc) is 3.12. The zero-order valence-corrected chi connectivity index (χ0v) is 32.4. The fourth-order valence-electron chi connectivity index (χ4n) is 4.79. The molecule has 0 aliphatic carbocycles. The highest BCUT2D eigenvalue weighted by Crippen LogP contribution is 2.43. The van der Waals surface area contributed by atoms with Gasteiger partial charge in [-0.25, -0.2) is 4.57 Å². The van der Waals surface area contributed by atoms with E-state index in [-0.39, 0.29) is 12.8 Å². The zero-order valence-electron chi connectivity index (χ0n) is 31.5. The molecule has 0 rings (SSSR count). The Morgan fingerprint density at radius 3 is 1.33 bits per heavy atom. The van der Waals surface area contributed by atoms with E-state index >= 15 is 0 Å². The molecule has 0 aromatic carbocycles. The van der Waals surface area contributed by atoms with Gasteiger partial charge >= 0.3 is 19.8 Å². The standard InChI is InChI=1S/C40H69O10P/c1-3-5-7-9-11-13-14-15-16-17-18-19-20-21-22-24-26-28-30-32-40(44)50-38(34-42)36-48-51(45,46)47-35-37(33-41)49-39(43)31-29-27-25-23-12-10-8-6-4-2/h5,7,11,13,15-16,18-19,21-22,37-38,41-42H,3-4,6,8-10,12,14,17,20,23-36H2,1-2H3,(H,45,46)/b7-5-,13-11-,16-15-,19-18-,22-21-. The molecule has 294 valence electrons. The molecule has 0 aromatic rings. The lowest BCUT2D eigenvalue weighted by atomic mass is 10.1.